The minimum Gasteiger partial charge on any atom is -0.347 e. The molecule has 0 fully saturated rings. The highest BCUT2D eigenvalue weighted by molar-refractivity contribution is 9.11. The van der Waals surface area contributed by atoms with E-state index in [4.69, 9.17) is 5.26 Å². The molecule has 0 bridgehead atoms. The fraction of sp³-hybridized carbons (Fsp3) is 0.143. The number of nitrogens with one attached hydrogen (secondary N) is 1. The number of thiophene rings is 1. The molecule has 0 radical (unpaired) electrons. The van der Waals surface area contributed by atoms with Gasteiger partial charge in [0.25, 0.3) is 5.91 Å². The van der Waals surface area contributed by atoms with Gasteiger partial charge < -0.3 is 5.32 Å². The molecule has 2 rings (SSSR count). The summed E-state index contributed by atoms with van der Waals surface area (Å²) in [6.45, 7) is 1.99. The van der Waals surface area contributed by atoms with Gasteiger partial charge in [0.15, 0.2) is 0 Å². The molecule has 1 amide bonds. The van der Waals surface area contributed by atoms with Crippen molar-refractivity contribution in [1.82, 2.24) is 5.32 Å². The van der Waals surface area contributed by atoms with Crippen molar-refractivity contribution in [1.29, 1.82) is 5.26 Å². The number of nitriles is 1. The molecule has 0 aliphatic carbocycles. The van der Waals surface area contributed by atoms with Crippen molar-refractivity contribution >= 4 is 33.2 Å². The first-order valence-corrected chi connectivity index (χ1v) is 7.35. The summed E-state index contributed by atoms with van der Waals surface area (Å²) in [7, 11) is 0. The van der Waals surface area contributed by atoms with Crippen molar-refractivity contribution in [2.45, 2.75) is 13.5 Å². The number of hydrogen-bond acceptors (Lipinski definition) is 3. The summed E-state index contributed by atoms with van der Waals surface area (Å²) in [5.41, 5.74) is 1.60. The summed E-state index contributed by atoms with van der Waals surface area (Å²) in [6, 6.07) is 7.83. The Morgan fingerprint density at radius 1 is 1.50 bits per heavy atom. The molecular weight excluding hydrogens is 343 g/mol. The van der Waals surface area contributed by atoms with Crippen LogP contribution in [0, 0.1) is 24.1 Å². The Hall–Kier alpha value is -1.71. The maximum atomic E-state index is 13.7. The lowest BCUT2D eigenvalue weighted by Gasteiger charge is -2.05. The number of rotatable bonds is 3. The number of nitrogens with zero attached hydrogens (tertiary/aromatic N) is 1. The molecule has 3 nitrogen and oxygen atoms in total. The first-order chi connectivity index (χ1) is 9.51. The predicted octanol–water partition coefficient (Wildman–Crippen LogP) is 3.76. The van der Waals surface area contributed by atoms with Gasteiger partial charge >= 0.3 is 0 Å². The third kappa shape index (κ3) is 3.24. The molecule has 0 saturated heterocycles. The van der Waals surface area contributed by atoms with Crippen molar-refractivity contribution in [3.8, 4) is 6.07 Å². The Morgan fingerprint density at radius 2 is 2.25 bits per heavy atom. The van der Waals surface area contributed by atoms with Gasteiger partial charge in [-0.1, -0.05) is 6.07 Å². The molecule has 2 aromatic rings. The molecule has 0 aliphatic rings. The van der Waals surface area contributed by atoms with Gasteiger partial charge in [0.1, 0.15) is 5.82 Å². The van der Waals surface area contributed by atoms with Crippen LogP contribution in [-0.4, -0.2) is 5.91 Å². The number of benzene rings is 1. The Bertz CT molecular complexity index is 686. The van der Waals surface area contributed by atoms with Crippen LogP contribution in [0.1, 0.15) is 26.4 Å². The van der Waals surface area contributed by atoms with Gasteiger partial charge in [0.2, 0.25) is 0 Å². The van der Waals surface area contributed by atoms with Crippen molar-refractivity contribution in [2.24, 2.45) is 0 Å². The van der Waals surface area contributed by atoms with E-state index in [-0.39, 0.29) is 18.0 Å². The molecular formula is C14H10BrFN2OS. The topological polar surface area (TPSA) is 52.9 Å². The second-order valence-electron chi connectivity index (χ2n) is 4.17. The molecule has 1 aromatic carbocycles. The molecule has 0 atom stereocenters. The van der Waals surface area contributed by atoms with Crippen LogP contribution < -0.4 is 5.32 Å². The first-order valence-electron chi connectivity index (χ1n) is 5.74. The van der Waals surface area contributed by atoms with E-state index >= 15 is 0 Å². The minimum atomic E-state index is -0.493. The Morgan fingerprint density at radius 3 is 2.80 bits per heavy atom. The zero-order valence-corrected chi connectivity index (χ0v) is 12.9. The zero-order chi connectivity index (χ0) is 14.7. The molecule has 0 aliphatic heterocycles. The normalized spacial score (nSPS) is 10.1. The standard InChI is InChI=1S/C14H10BrFN2OS/c1-8-4-12(20-13(8)15)14(19)18-7-10-3-2-9(6-17)5-11(10)16/h2-5H,7H2,1H3,(H,18,19). The van der Waals surface area contributed by atoms with Crippen LogP contribution in [0.5, 0.6) is 0 Å². The second-order valence-corrected chi connectivity index (χ2v) is 6.54. The van der Waals surface area contributed by atoms with Gasteiger partial charge in [-0.15, -0.1) is 11.3 Å². The van der Waals surface area contributed by atoms with Crippen molar-refractivity contribution in [3.05, 3.63) is 55.4 Å². The molecule has 0 unspecified atom stereocenters. The van der Waals surface area contributed by atoms with E-state index in [9.17, 15) is 9.18 Å². The monoisotopic (exact) mass is 352 g/mol. The number of carbonyl (C=O) groups is 1. The SMILES string of the molecule is Cc1cc(C(=O)NCc2ccc(C#N)cc2F)sc1Br. The number of carbonyl (C=O) groups excluding carboxylic acids is 1. The molecule has 6 heteroatoms. The number of amides is 1. The highest BCUT2D eigenvalue weighted by Gasteiger charge is 2.12. The number of hydrogen-bond donors (Lipinski definition) is 1. The Kier molecular flexibility index (Phi) is 4.53. The first kappa shape index (κ1) is 14.7. The zero-order valence-electron chi connectivity index (χ0n) is 10.5. The lowest BCUT2D eigenvalue weighted by Crippen LogP contribution is -2.22. The highest BCUT2D eigenvalue weighted by atomic mass is 79.9. The van der Waals surface area contributed by atoms with Crippen molar-refractivity contribution in [2.75, 3.05) is 0 Å². The molecule has 102 valence electrons. The van der Waals surface area contributed by atoms with Crippen LogP contribution in [0.4, 0.5) is 4.39 Å². The summed E-state index contributed by atoms with van der Waals surface area (Å²) >= 11 is 4.69. The van der Waals surface area contributed by atoms with E-state index in [0.29, 0.717) is 10.4 Å². The van der Waals surface area contributed by atoms with E-state index in [0.717, 1.165) is 15.4 Å². The predicted molar refractivity (Wildman–Crippen MR) is 79.0 cm³/mol. The lowest BCUT2D eigenvalue weighted by molar-refractivity contribution is 0.0954. The van der Waals surface area contributed by atoms with Crippen LogP contribution in [0.25, 0.3) is 0 Å². The molecule has 0 spiro atoms. The lowest BCUT2D eigenvalue weighted by atomic mass is 10.1. The molecule has 1 N–H and O–H groups in total. The van der Waals surface area contributed by atoms with Crippen LogP contribution >= 0.6 is 27.3 Å². The molecule has 0 saturated carbocycles. The molecule has 1 aromatic heterocycles. The van der Waals surface area contributed by atoms with E-state index in [1.54, 1.807) is 6.07 Å². The molecule has 1 heterocycles. The van der Waals surface area contributed by atoms with Gasteiger partial charge in [0.05, 0.1) is 20.3 Å². The Labute approximate surface area is 128 Å². The quantitative estimate of drug-likeness (QED) is 0.914. The summed E-state index contributed by atoms with van der Waals surface area (Å²) in [6.07, 6.45) is 0. The van der Waals surface area contributed by atoms with Gasteiger partial charge in [-0.05, 0) is 46.6 Å². The van der Waals surface area contributed by atoms with E-state index in [1.165, 1.54) is 23.5 Å². The minimum absolute atomic E-state index is 0.0882. The summed E-state index contributed by atoms with van der Waals surface area (Å²) in [5.74, 6) is -0.736. The second kappa shape index (κ2) is 6.16. The van der Waals surface area contributed by atoms with E-state index in [2.05, 4.69) is 21.2 Å². The van der Waals surface area contributed by atoms with Gasteiger partial charge in [0, 0.05) is 12.1 Å². The molecule has 20 heavy (non-hydrogen) atoms. The van der Waals surface area contributed by atoms with Crippen LogP contribution in [0.2, 0.25) is 0 Å². The van der Waals surface area contributed by atoms with Crippen LogP contribution in [0.15, 0.2) is 28.1 Å². The Balaban J connectivity index is 2.05. The average molecular weight is 353 g/mol. The number of halogens is 2. The third-order valence-corrected chi connectivity index (χ3v) is 4.84. The summed E-state index contributed by atoms with van der Waals surface area (Å²) < 4.78 is 14.6. The van der Waals surface area contributed by atoms with Crippen LogP contribution in [0.3, 0.4) is 0 Å². The van der Waals surface area contributed by atoms with Gasteiger partial charge in [-0.2, -0.15) is 5.26 Å². The largest absolute Gasteiger partial charge is 0.347 e. The van der Waals surface area contributed by atoms with Crippen molar-refractivity contribution < 1.29 is 9.18 Å². The van der Waals surface area contributed by atoms with E-state index < -0.39 is 5.82 Å². The summed E-state index contributed by atoms with van der Waals surface area (Å²) in [4.78, 5) is 12.5. The van der Waals surface area contributed by atoms with Crippen molar-refractivity contribution in [3.63, 3.8) is 0 Å². The highest BCUT2D eigenvalue weighted by Crippen LogP contribution is 2.27. The average Bonchev–Trinajstić information content (AvgIpc) is 2.77. The van der Waals surface area contributed by atoms with Gasteiger partial charge in [-0.25, -0.2) is 4.39 Å². The third-order valence-electron chi connectivity index (χ3n) is 2.70. The summed E-state index contributed by atoms with van der Waals surface area (Å²) in [5, 5.41) is 11.3. The fourth-order valence-electron chi connectivity index (χ4n) is 1.59. The van der Waals surface area contributed by atoms with E-state index in [1.807, 2.05) is 13.0 Å². The fourth-order valence-corrected chi connectivity index (χ4v) is 3.05. The maximum absolute atomic E-state index is 13.7. The maximum Gasteiger partial charge on any atom is 0.261 e. The number of aryl methyl sites for hydroxylation is 1. The van der Waals surface area contributed by atoms with Crippen LogP contribution in [-0.2, 0) is 6.54 Å². The van der Waals surface area contributed by atoms with Gasteiger partial charge in [-0.3, -0.25) is 4.79 Å². The smallest absolute Gasteiger partial charge is 0.261 e.